The number of urea groups is 1. The molecule has 0 aliphatic heterocycles. The average molecular weight is 754 g/mol. The molecule has 0 bridgehead atoms. The number of aromatic nitrogens is 3. The second kappa shape index (κ2) is 20.2. The van der Waals surface area contributed by atoms with Crippen molar-refractivity contribution >= 4 is 40.7 Å². The topological polar surface area (TPSA) is 138 Å². The molecule has 0 unspecified atom stereocenters. The van der Waals surface area contributed by atoms with E-state index in [4.69, 9.17) is 4.74 Å². The molecule has 3 N–H and O–H groups in total. The summed E-state index contributed by atoms with van der Waals surface area (Å²) in [6.07, 6.45) is 5.32. The van der Waals surface area contributed by atoms with Gasteiger partial charge in [0.05, 0.1) is 27.6 Å². The Morgan fingerprint density at radius 3 is 2.04 bits per heavy atom. The summed E-state index contributed by atoms with van der Waals surface area (Å²) < 4.78 is 5.51. The fourth-order valence-corrected chi connectivity index (χ4v) is 7.11. The Balaban J connectivity index is 1.30. The molecule has 0 aliphatic rings. The van der Waals surface area contributed by atoms with Gasteiger partial charge in [-0.05, 0) is 48.9 Å². The van der Waals surface area contributed by atoms with Crippen LogP contribution >= 0.6 is 22.7 Å². The van der Waals surface area contributed by atoms with Crippen molar-refractivity contribution in [3.8, 4) is 0 Å². The highest BCUT2D eigenvalue weighted by Crippen LogP contribution is 2.20. The van der Waals surface area contributed by atoms with Gasteiger partial charge in [0.2, 0.25) is 5.91 Å². The second-order valence-electron chi connectivity index (χ2n) is 13.3. The maximum atomic E-state index is 14.2. The minimum atomic E-state index is -0.889. The van der Waals surface area contributed by atoms with Crippen molar-refractivity contribution in [3.05, 3.63) is 135 Å². The number of hydrogen-bond acceptors (Lipinski definition) is 9. The van der Waals surface area contributed by atoms with Gasteiger partial charge in [0.1, 0.15) is 12.6 Å². The molecule has 3 heterocycles. The predicted molar refractivity (Wildman–Crippen MR) is 209 cm³/mol. The largest absolute Gasteiger partial charge is 0.444 e. The van der Waals surface area contributed by atoms with Crippen molar-refractivity contribution in [1.82, 2.24) is 35.8 Å². The van der Waals surface area contributed by atoms with E-state index in [9.17, 15) is 14.4 Å². The molecule has 0 fully saturated rings. The van der Waals surface area contributed by atoms with Gasteiger partial charge in [0.15, 0.2) is 0 Å². The van der Waals surface area contributed by atoms with Gasteiger partial charge < -0.3 is 25.6 Å². The molecule has 5 aromatic rings. The van der Waals surface area contributed by atoms with Crippen LogP contribution in [0.3, 0.4) is 0 Å². The first kappa shape index (κ1) is 39.1. The van der Waals surface area contributed by atoms with Gasteiger partial charge in [-0.15, -0.1) is 22.7 Å². The lowest BCUT2D eigenvalue weighted by atomic mass is 9.95. The number of amides is 4. The summed E-state index contributed by atoms with van der Waals surface area (Å²) in [4.78, 5) is 56.2. The van der Waals surface area contributed by atoms with Crippen LogP contribution in [0.25, 0.3) is 0 Å². The number of hydrogen-bond donors (Lipinski definition) is 3. The van der Waals surface area contributed by atoms with E-state index in [2.05, 4.69) is 44.7 Å². The molecule has 0 saturated heterocycles. The third-order valence-corrected chi connectivity index (χ3v) is 10.5. The Labute approximate surface area is 319 Å². The molecule has 3 atom stereocenters. The van der Waals surface area contributed by atoms with E-state index < -0.39 is 12.1 Å². The van der Waals surface area contributed by atoms with E-state index in [1.165, 1.54) is 16.2 Å². The monoisotopic (exact) mass is 753 g/mol. The predicted octanol–water partition coefficient (Wildman–Crippen LogP) is 6.92. The third kappa shape index (κ3) is 13.1. The first-order valence-electron chi connectivity index (χ1n) is 17.8. The molecular weight excluding hydrogens is 707 g/mol. The number of alkyl carbamates (subject to hydrolysis) is 1. The Hall–Kier alpha value is -5.14. The van der Waals surface area contributed by atoms with Crippen molar-refractivity contribution in [2.45, 2.75) is 83.1 Å². The lowest BCUT2D eigenvalue weighted by Crippen LogP contribution is -2.53. The van der Waals surface area contributed by atoms with Gasteiger partial charge >= 0.3 is 12.1 Å². The van der Waals surface area contributed by atoms with Crippen LogP contribution in [-0.4, -0.2) is 63.1 Å². The molecule has 53 heavy (non-hydrogen) atoms. The number of thiazole rings is 2. The fraction of sp³-hybridized carbons (Fsp3) is 0.350. The molecule has 0 spiro atoms. The summed E-state index contributed by atoms with van der Waals surface area (Å²) in [5, 5.41) is 12.3. The number of rotatable bonds is 18. The van der Waals surface area contributed by atoms with Gasteiger partial charge in [-0.25, -0.2) is 14.6 Å². The summed E-state index contributed by atoms with van der Waals surface area (Å²) in [5.74, 6) is -0.0128. The molecular formula is C40H47N7O4S2. The molecule has 13 heteroatoms. The van der Waals surface area contributed by atoms with E-state index in [0.29, 0.717) is 43.8 Å². The highest BCUT2D eigenvalue weighted by atomic mass is 32.1. The summed E-state index contributed by atoms with van der Waals surface area (Å²) >= 11 is 3.00. The van der Waals surface area contributed by atoms with Gasteiger partial charge in [-0.3, -0.25) is 14.8 Å². The van der Waals surface area contributed by atoms with Gasteiger partial charge in [-0.1, -0.05) is 80.6 Å². The number of nitrogens with zero attached hydrogens (tertiary/aromatic N) is 4. The Bertz CT molecular complexity index is 1840. The standard InChI is InChI=1S/C40H47N7O4S2/c1-28(2)38-44-34(26-52-38)24-47(3)39(49)46-36(22-31-16-10-11-19-42-31)37(48)43-32(20-29-12-6-4-7-13-29)17-18-33(21-30-14-8-5-9-15-30)45-40(50)51-25-35-23-41-27-53-35/h4-16,19,23,26-28,32-33,36H,17-18,20-22,24-25H2,1-3H3,(H,43,48)(H,45,50)(H,46,49)/t32-,33-,36+/m1/s1. The lowest BCUT2D eigenvalue weighted by molar-refractivity contribution is -0.123. The van der Waals surface area contributed by atoms with Gasteiger partial charge in [0.25, 0.3) is 0 Å². The molecule has 0 aliphatic carbocycles. The SMILES string of the molecule is CC(C)c1nc(CN(C)C(=O)N[C@@H](Cc2ccccn2)C(=O)N[C@H](CC[C@H](Cc2ccccc2)NC(=O)OCc2cncs2)Cc2ccccc2)cs1. The number of nitrogens with one attached hydrogen (secondary N) is 3. The molecule has 5 rings (SSSR count). The smallest absolute Gasteiger partial charge is 0.407 e. The van der Waals surface area contributed by atoms with E-state index in [1.54, 1.807) is 36.3 Å². The third-order valence-electron chi connectivity index (χ3n) is 8.57. The zero-order chi connectivity index (χ0) is 37.4. The summed E-state index contributed by atoms with van der Waals surface area (Å²) in [5.41, 5.74) is 5.31. The number of pyridine rings is 1. The summed E-state index contributed by atoms with van der Waals surface area (Å²) in [6.45, 7) is 4.63. The van der Waals surface area contributed by atoms with Crippen LogP contribution < -0.4 is 16.0 Å². The van der Waals surface area contributed by atoms with Crippen LogP contribution in [0.5, 0.6) is 0 Å². The molecule has 0 saturated carbocycles. The quantitative estimate of drug-likeness (QED) is 0.0884. The van der Waals surface area contributed by atoms with Crippen LogP contribution in [0, 0.1) is 0 Å². The second-order valence-corrected chi connectivity index (χ2v) is 15.1. The van der Waals surface area contributed by atoms with Crippen LogP contribution in [0.2, 0.25) is 0 Å². The molecule has 2 aromatic carbocycles. The summed E-state index contributed by atoms with van der Waals surface area (Å²) in [6, 6.07) is 23.6. The Kier molecular flexibility index (Phi) is 14.9. The Morgan fingerprint density at radius 2 is 1.45 bits per heavy atom. The minimum absolute atomic E-state index is 0.141. The number of carbonyl (C=O) groups is 3. The van der Waals surface area contributed by atoms with Crippen molar-refractivity contribution in [2.24, 2.45) is 0 Å². The molecule has 0 radical (unpaired) electrons. The minimum Gasteiger partial charge on any atom is -0.444 e. The van der Waals surface area contributed by atoms with Crippen LogP contribution in [-0.2, 0) is 41.9 Å². The van der Waals surface area contributed by atoms with Crippen molar-refractivity contribution < 1.29 is 19.1 Å². The fourth-order valence-electron chi connectivity index (χ4n) is 5.78. The molecule has 3 aromatic heterocycles. The van der Waals surface area contributed by atoms with Crippen molar-refractivity contribution in [3.63, 3.8) is 0 Å². The average Bonchev–Trinajstić information content (AvgIpc) is 3.87. The van der Waals surface area contributed by atoms with E-state index in [1.807, 2.05) is 84.2 Å². The van der Waals surface area contributed by atoms with E-state index in [0.717, 1.165) is 26.7 Å². The first-order chi connectivity index (χ1) is 25.7. The first-order valence-corrected chi connectivity index (χ1v) is 19.5. The van der Waals surface area contributed by atoms with Gasteiger partial charge in [0, 0.05) is 54.9 Å². The highest BCUT2D eigenvalue weighted by Gasteiger charge is 2.27. The maximum absolute atomic E-state index is 14.2. The van der Waals surface area contributed by atoms with E-state index >= 15 is 0 Å². The normalized spacial score (nSPS) is 12.8. The van der Waals surface area contributed by atoms with Crippen LogP contribution in [0.1, 0.15) is 65.0 Å². The zero-order valence-electron chi connectivity index (χ0n) is 30.3. The molecule has 278 valence electrons. The number of carbonyl (C=O) groups excluding carboxylic acids is 3. The number of benzene rings is 2. The lowest BCUT2D eigenvalue weighted by Gasteiger charge is -2.27. The highest BCUT2D eigenvalue weighted by molar-refractivity contribution is 7.09. The molecule has 11 nitrogen and oxygen atoms in total. The Morgan fingerprint density at radius 1 is 0.792 bits per heavy atom. The van der Waals surface area contributed by atoms with E-state index in [-0.39, 0.29) is 37.0 Å². The zero-order valence-corrected chi connectivity index (χ0v) is 31.9. The van der Waals surface area contributed by atoms with Gasteiger partial charge in [-0.2, -0.15) is 0 Å². The van der Waals surface area contributed by atoms with Crippen molar-refractivity contribution in [2.75, 3.05) is 7.05 Å². The summed E-state index contributed by atoms with van der Waals surface area (Å²) in [7, 11) is 1.69. The molecule has 4 amide bonds. The van der Waals surface area contributed by atoms with Crippen molar-refractivity contribution in [1.29, 1.82) is 0 Å². The number of ether oxygens (including phenoxy) is 1. The van der Waals surface area contributed by atoms with Crippen LogP contribution in [0.15, 0.2) is 102 Å². The van der Waals surface area contributed by atoms with Crippen LogP contribution in [0.4, 0.5) is 9.59 Å². The maximum Gasteiger partial charge on any atom is 0.407 e.